The number of sulfonamides is 1. The van der Waals surface area contributed by atoms with E-state index in [9.17, 15) is 8.42 Å². The minimum absolute atomic E-state index is 0.193. The molecule has 2 N–H and O–H groups in total. The normalized spacial score (nSPS) is 11.9. The van der Waals surface area contributed by atoms with E-state index in [1.165, 1.54) is 11.3 Å². The average molecular weight is 305 g/mol. The smallest absolute Gasteiger partial charge is 0.211 e. The molecule has 0 saturated carbocycles. The van der Waals surface area contributed by atoms with Crippen LogP contribution in [0.15, 0.2) is 5.51 Å². The standard InChI is InChI=1S/C12H23N3O2S2/c1-3-6-13-7-4-5-8-19(16,17)15-9-12-11(2)14-10-18-12/h10,13,15H,3-9H2,1-2H3. The molecule has 1 aromatic rings. The summed E-state index contributed by atoms with van der Waals surface area (Å²) in [5, 5.41) is 3.26. The van der Waals surface area contributed by atoms with Crippen molar-refractivity contribution in [3.63, 3.8) is 0 Å². The number of hydrogen-bond donors (Lipinski definition) is 2. The molecule has 0 radical (unpaired) electrons. The Hall–Kier alpha value is -0.500. The van der Waals surface area contributed by atoms with Crippen molar-refractivity contribution < 1.29 is 8.42 Å². The van der Waals surface area contributed by atoms with Crippen LogP contribution in [0, 0.1) is 6.92 Å². The molecule has 0 aliphatic carbocycles. The van der Waals surface area contributed by atoms with Gasteiger partial charge in [-0.3, -0.25) is 0 Å². The number of nitrogens with zero attached hydrogens (tertiary/aromatic N) is 1. The third-order valence-electron chi connectivity index (χ3n) is 2.74. The van der Waals surface area contributed by atoms with Crippen molar-refractivity contribution in [2.24, 2.45) is 0 Å². The maximum atomic E-state index is 11.8. The van der Waals surface area contributed by atoms with E-state index in [1.54, 1.807) is 5.51 Å². The summed E-state index contributed by atoms with van der Waals surface area (Å²) in [5.41, 5.74) is 2.63. The zero-order chi connectivity index (χ0) is 14.1. The zero-order valence-electron chi connectivity index (χ0n) is 11.6. The van der Waals surface area contributed by atoms with Gasteiger partial charge in [0.05, 0.1) is 17.0 Å². The van der Waals surface area contributed by atoms with Crippen molar-refractivity contribution >= 4 is 21.4 Å². The number of thiazole rings is 1. The Balaban J connectivity index is 2.19. The van der Waals surface area contributed by atoms with E-state index in [-0.39, 0.29) is 5.75 Å². The van der Waals surface area contributed by atoms with E-state index in [4.69, 9.17) is 0 Å². The van der Waals surface area contributed by atoms with Gasteiger partial charge in [0.1, 0.15) is 0 Å². The van der Waals surface area contributed by atoms with Gasteiger partial charge in [-0.25, -0.2) is 18.1 Å². The third-order valence-corrected chi connectivity index (χ3v) is 5.09. The summed E-state index contributed by atoms with van der Waals surface area (Å²) in [4.78, 5) is 5.08. The average Bonchev–Trinajstić information content (AvgIpc) is 2.77. The monoisotopic (exact) mass is 305 g/mol. The van der Waals surface area contributed by atoms with Gasteiger partial charge in [0, 0.05) is 11.4 Å². The van der Waals surface area contributed by atoms with Crippen molar-refractivity contribution in [2.45, 2.75) is 39.7 Å². The van der Waals surface area contributed by atoms with Crippen LogP contribution in [0.4, 0.5) is 0 Å². The predicted octanol–water partition coefficient (Wildman–Crippen LogP) is 1.65. The second-order valence-electron chi connectivity index (χ2n) is 4.46. The molecule has 0 unspecified atom stereocenters. The first-order valence-electron chi connectivity index (χ1n) is 6.62. The summed E-state index contributed by atoms with van der Waals surface area (Å²) in [6, 6.07) is 0. The Bertz CT molecular complexity index is 457. The highest BCUT2D eigenvalue weighted by Crippen LogP contribution is 2.11. The first-order valence-corrected chi connectivity index (χ1v) is 9.15. The van der Waals surface area contributed by atoms with Gasteiger partial charge in [-0.15, -0.1) is 11.3 Å². The van der Waals surface area contributed by atoms with Gasteiger partial charge in [0.15, 0.2) is 0 Å². The van der Waals surface area contributed by atoms with Crippen LogP contribution in [0.3, 0.4) is 0 Å². The number of aryl methyl sites for hydroxylation is 1. The van der Waals surface area contributed by atoms with E-state index in [1.807, 2.05) is 6.92 Å². The summed E-state index contributed by atoms with van der Waals surface area (Å²) in [5.74, 6) is 0.193. The maximum absolute atomic E-state index is 11.8. The fourth-order valence-corrected chi connectivity index (χ4v) is 3.49. The molecule has 19 heavy (non-hydrogen) atoms. The topological polar surface area (TPSA) is 71.1 Å². The van der Waals surface area contributed by atoms with E-state index in [0.717, 1.165) is 36.5 Å². The van der Waals surface area contributed by atoms with Crippen LogP contribution in [-0.2, 0) is 16.6 Å². The van der Waals surface area contributed by atoms with Crippen LogP contribution in [0.5, 0.6) is 0 Å². The zero-order valence-corrected chi connectivity index (χ0v) is 13.2. The van der Waals surface area contributed by atoms with Crippen LogP contribution in [0.2, 0.25) is 0 Å². The molecule has 0 aliphatic rings. The number of hydrogen-bond acceptors (Lipinski definition) is 5. The number of rotatable bonds is 10. The van der Waals surface area contributed by atoms with E-state index in [0.29, 0.717) is 13.0 Å². The Morgan fingerprint density at radius 1 is 1.32 bits per heavy atom. The lowest BCUT2D eigenvalue weighted by molar-refractivity contribution is 0.573. The lowest BCUT2D eigenvalue weighted by Crippen LogP contribution is -2.26. The number of aromatic nitrogens is 1. The molecular weight excluding hydrogens is 282 g/mol. The molecule has 0 aromatic carbocycles. The van der Waals surface area contributed by atoms with Crippen molar-refractivity contribution in [1.82, 2.24) is 15.0 Å². The third kappa shape index (κ3) is 7.00. The molecular formula is C12H23N3O2S2. The van der Waals surface area contributed by atoms with Crippen LogP contribution >= 0.6 is 11.3 Å². The summed E-state index contributed by atoms with van der Waals surface area (Å²) < 4.78 is 26.2. The van der Waals surface area contributed by atoms with Crippen molar-refractivity contribution in [3.8, 4) is 0 Å². The molecule has 7 heteroatoms. The van der Waals surface area contributed by atoms with Gasteiger partial charge >= 0.3 is 0 Å². The highest BCUT2D eigenvalue weighted by Gasteiger charge is 2.11. The minimum atomic E-state index is -3.17. The fraction of sp³-hybridized carbons (Fsp3) is 0.750. The second kappa shape index (κ2) is 8.63. The predicted molar refractivity (Wildman–Crippen MR) is 79.9 cm³/mol. The molecule has 1 aromatic heterocycles. The molecule has 0 aliphatic heterocycles. The second-order valence-corrected chi connectivity index (χ2v) is 7.32. The van der Waals surface area contributed by atoms with Crippen molar-refractivity contribution in [1.29, 1.82) is 0 Å². The van der Waals surface area contributed by atoms with Crippen LogP contribution in [-0.4, -0.2) is 32.2 Å². The van der Waals surface area contributed by atoms with Crippen LogP contribution in [0.1, 0.15) is 36.8 Å². The van der Waals surface area contributed by atoms with Gasteiger partial charge < -0.3 is 5.32 Å². The maximum Gasteiger partial charge on any atom is 0.211 e. The molecule has 1 rings (SSSR count). The summed E-state index contributed by atoms with van der Waals surface area (Å²) in [6.07, 6.45) is 2.68. The number of unbranched alkanes of at least 4 members (excludes halogenated alkanes) is 1. The van der Waals surface area contributed by atoms with E-state index in [2.05, 4.69) is 21.9 Å². The fourth-order valence-electron chi connectivity index (χ4n) is 1.59. The summed E-state index contributed by atoms with van der Waals surface area (Å²) in [6.45, 7) is 6.24. The molecule has 5 nitrogen and oxygen atoms in total. The van der Waals surface area contributed by atoms with Crippen LogP contribution < -0.4 is 10.0 Å². The first kappa shape index (κ1) is 16.6. The Morgan fingerprint density at radius 3 is 2.74 bits per heavy atom. The van der Waals surface area contributed by atoms with Gasteiger partial charge in [-0.05, 0) is 39.3 Å². The largest absolute Gasteiger partial charge is 0.317 e. The van der Waals surface area contributed by atoms with E-state index >= 15 is 0 Å². The lowest BCUT2D eigenvalue weighted by atomic mass is 10.3. The van der Waals surface area contributed by atoms with Gasteiger partial charge in [-0.2, -0.15) is 0 Å². The molecule has 0 fully saturated rings. The van der Waals surface area contributed by atoms with Gasteiger partial charge in [0.25, 0.3) is 0 Å². The van der Waals surface area contributed by atoms with Crippen molar-refractivity contribution in [2.75, 3.05) is 18.8 Å². The highest BCUT2D eigenvalue weighted by atomic mass is 32.2. The summed E-state index contributed by atoms with van der Waals surface area (Å²) in [7, 11) is -3.17. The molecule has 0 saturated heterocycles. The Morgan fingerprint density at radius 2 is 2.11 bits per heavy atom. The van der Waals surface area contributed by atoms with E-state index < -0.39 is 10.0 Å². The van der Waals surface area contributed by atoms with Gasteiger partial charge in [-0.1, -0.05) is 6.92 Å². The number of nitrogens with one attached hydrogen (secondary N) is 2. The Labute approximate surface area is 119 Å². The summed E-state index contributed by atoms with van der Waals surface area (Å²) >= 11 is 1.48. The first-order chi connectivity index (χ1) is 9.05. The van der Waals surface area contributed by atoms with Crippen molar-refractivity contribution in [3.05, 3.63) is 16.1 Å². The molecule has 1 heterocycles. The molecule has 0 atom stereocenters. The Kier molecular flexibility index (Phi) is 7.52. The lowest BCUT2D eigenvalue weighted by Gasteiger charge is -2.06. The molecule has 110 valence electrons. The highest BCUT2D eigenvalue weighted by molar-refractivity contribution is 7.89. The quantitative estimate of drug-likeness (QED) is 0.645. The minimum Gasteiger partial charge on any atom is -0.317 e. The molecule has 0 bridgehead atoms. The SMILES string of the molecule is CCCNCCCCS(=O)(=O)NCc1scnc1C. The van der Waals surface area contributed by atoms with Gasteiger partial charge in [0.2, 0.25) is 10.0 Å². The molecule has 0 amide bonds. The molecule has 0 spiro atoms. The van der Waals surface area contributed by atoms with Crippen LogP contribution in [0.25, 0.3) is 0 Å².